The molecule has 5 rings (SSSR count). The van der Waals surface area contributed by atoms with Crippen molar-refractivity contribution in [3.05, 3.63) is 87.3 Å². The van der Waals surface area contributed by atoms with E-state index in [1.54, 1.807) is 24.0 Å². The predicted molar refractivity (Wildman–Crippen MR) is 140 cm³/mol. The number of halogens is 1. The van der Waals surface area contributed by atoms with Crippen LogP contribution in [0.1, 0.15) is 53.4 Å². The fourth-order valence-electron chi connectivity index (χ4n) is 5.14. The lowest BCUT2D eigenvalue weighted by atomic mass is 10.0. The van der Waals surface area contributed by atoms with Crippen molar-refractivity contribution in [3.8, 4) is 23.1 Å². The summed E-state index contributed by atoms with van der Waals surface area (Å²) in [6.07, 6.45) is 5.02. The van der Waals surface area contributed by atoms with Gasteiger partial charge in [0.1, 0.15) is 11.5 Å². The first-order valence-electron chi connectivity index (χ1n) is 12.7. The van der Waals surface area contributed by atoms with Crippen molar-refractivity contribution >= 4 is 5.91 Å². The van der Waals surface area contributed by atoms with Gasteiger partial charge in [-0.2, -0.15) is 10.1 Å². The summed E-state index contributed by atoms with van der Waals surface area (Å²) in [4.78, 5) is 37.8. The summed E-state index contributed by atoms with van der Waals surface area (Å²) >= 11 is 0. The van der Waals surface area contributed by atoms with Crippen LogP contribution in [0, 0.1) is 5.82 Å². The molecule has 196 valence electrons. The second kappa shape index (κ2) is 10.2. The lowest BCUT2D eigenvalue weighted by molar-refractivity contribution is 0.0784. The van der Waals surface area contributed by atoms with Crippen molar-refractivity contribution in [3.63, 3.8) is 0 Å². The molecule has 1 aliphatic rings. The number of benzene rings is 1. The van der Waals surface area contributed by atoms with Gasteiger partial charge in [0.25, 0.3) is 11.5 Å². The number of carbonyl (C=O) groups excluding carboxylic acids is 1. The molecule has 1 saturated heterocycles. The number of aryl methyl sites for hydroxylation is 3. The lowest BCUT2D eigenvalue weighted by Crippen LogP contribution is -2.36. The van der Waals surface area contributed by atoms with Gasteiger partial charge in [-0.15, -0.1) is 0 Å². The fraction of sp³-hybridized carbons (Fsp3) is 0.321. The summed E-state index contributed by atoms with van der Waals surface area (Å²) in [7, 11) is 1.75. The predicted octanol–water partition coefficient (Wildman–Crippen LogP) is 3.63. The fourth-order valence-corrected chi connectivity index (χ4v) is 5.14. The topological polar surface area (TPSA) is 106 Å². The van der Waals surface area contributed by atoms with E-state index in [2.05, 4.69) is 15.1 Å². The molecule has 1 atom stereocenters. The van der Waals surface area contributed by atoms with Crippen LogP contribution in [0.2, 0.25) is 0 Å². The summed E-state index contributed by atoms with van der Waals surface area (Å²) in [5.41, 5.74) is 2.03. The van der Waals surface area contributed by atoms with Crippen LogP contribution in [0.15, 0.2) is 53.6 Å². The second-order valence-corrected chi connectivity index (χ2v) is 9.39. The molecule has 1 unspecified atom stereocenters. The highest BCUT2D eigenvalue weighted by atomic mass is 19.1. The smallest absolute Gasteiger partial charge is 0.275 e. The highest BCUT2D eigenvalue weighted by molar-refractivity contribution is 5.96. The number of amides is 1. The average Bonchev–Trinajstić information content (AvgIpc) is 3.58. The Bertz CT molecular complexity index is 1560. The van der Waals surface area contributed by atoms with Gasteiger partial charge in [-0.3, -0.25) is 23.8 Å². The van der Waals surface area contributed by atoms with Gasteiger partial charge in [-0.1, -0.05) is 32.0 Å². The van der Waals surface area contributed by atoms with Gasteiger partial charge in [0, 0.05) is 38.4 Å². The van der Waals surface area contributed by atoms with Gasteiger partial charge in [0.05, 0.1) is 11.4 Å². The molecule has 38 heavy (non-hydrogen) atoms. The number of hydrogen-bond donors (Lipinski definition) is 1. The van der Waals surface area contributed by atoms with Gasteiger partial charge in [-0.05, 0) is 48.6 Å². The SMILES string of the molecule is CCc1cccc(CC)c1-n1c(-c2ccn(C)n2)nc(O)c(C(=O)N2CCC(c3ncccc3F)C2)c1=O. The van der Waals surface area contributed by atoms with Crippen molar-refractivity contribution in [1.29, 1.82) is 0 Å². The molecule has 1 aliphatic heterocycles. The number of rotatable bonds is 6. The normalized spacial score (nSPS) is 15.3. The molecular weight excluding hydrogens is 487 g/mol. The zero-order valence-corrected chi connectivity index (χ0v) is 21.6. The number of para-hydroxylation sites is 1. The summed E-state index contributed by atoms with van der Waals surface area (Å²) in [6.45, 7) is 4.46. The van der Waals surface area contributed by atoms with Crippen LogP contribution in [-0.4, -0.2) is 53.3 Å². The van der Waals surface area contributed by atoms with E-state index in [-0.39, 0.29) is 24.0 Å². The Labute approximate surface area is 219 Å². The van der Waals surface area contributed by atoms with E-state index >= 15 is 0 Å². The Morgan fingerprint density at radius 2 is 1.87 bits per heavy atom. The maximum Gasteiger partial charge on any atom is 0.275 e. The lowest BCUT2D eigenvalue weighted by Gasteiger charge is -2.21. The Morgan fingerprint density at radius 3 is 2.50 bits per heavy atom. The van der Waals surface area contributed by atoms with E-state index in [1.807, 2.05) is 32.0 Å². The molecule has 0 spiro atoms. The van der Waals surface area contributed by atoms with Crippen LogP contribution in [-0.2, 0) is 19.9 Å². The van der Waals surface area contributed by atoms with E-state index in [1.165, 1.54) is 27.8 Å². The molecule has 0 bridgehead atoms. The highest BCUT2D eigenvalue weighted by Crippen LogP contribution is 2.31. The number of nitrogens with zero attached hydrogens (tertiary/aromatic N) is 6. The van der Waals surface area contributed by atoms with Crippen molar-refractivity contribution < 1.29 is 14.3 Å². The maximum atomic E-state index is 14.3. The Kier molecular flexibility index (Phi) is 6.79. The molecule has 0 aliphatic carbocycles. The van der Waals surface area contributed by atoms with Gasteiger partial charge in [0.2, 0.25) is 5.88 Å². The van der Waals surface area contributed by atoms with E-state index < -0.39 is 28.7 Å². The van der Waals surface area contributed by atoms with Crippen LogP contribution in [0.25, 0.3) is 17.2 Å². The van der Waals surface area contributed by atoms with Gasteiger partial charge < -0.3 is 10.0 Å². The summed E-state index contributed by atoms with van der Waals surface area (Å²) in [5.74, 6) is -1.89. The Balaban J connectivity index is 1.65. The van der Waals surface area contributed by atoms with Crippen LogP contribution in [0.4, 0.5) is 4.39 Å². The minimum Gasteiger partial charge on any atom is -0.493 e. The molecule has 1 aromatic carbocycles. The van der Waals surface area contributed by atoms with Gasteiger partial charge in [-0.25, -0.2) is 4.39 Å². The summed E-state index contributed by atoms with van der Waals surface area (Å²) in [6, 6.07) is 10.4. The first-order valence-corrected chi connectivity index (χ1v) is 12.7. The molecule has 1 N–H and O–H groups in total. The third-order valence-corrected chi connectivity index (χ3v) is 7.06. The quantitative estimate of drug-likeness (QED) is 0.420. The molecule has 1 amide bonds. The molecular formula is C28H29FN6O3. The van der Waals surface area contributed by atoms with Crippen molar-refractivity contribution in [2.24, 2.45) is 7.05 Å². The standard InChI is InChI=1S/C28H29FN6O3/c1-4-17-8-6-9-18(5-2)24(17)35-25(21-12-14-33(3)32-21)31-26(36)22(28(35)38)27(37)34-15-11-19(16-34)23-20(29)10-7-13-30-23/h6-10,12-14,19,36H,4-5,11,15-16H2,1-3H3. The van der Waals surface area contributed by atoms with E-state index in [0.717, 1.165) is 11.1 Å². The Morgan fingerprint density at radius 1 is 1.13 bits per heavy atom. The number of aromatic nitrogens is 5. The molecule has 10 heteroatoms. The summed E-state index contributed by atoms with van der Waals surface area (Å²) < 4.78 is 17.3. The zero-order chi connectivity index (χ0) is 27.0. The number of aromatic hydroxyl groups is 1. The van der Waals surface area contributed by atoms with E-state index in [0.29, 0.717) is 37.2 Å². The average molecular weight is 517 g/mol. The second-order valence-electron chi connectivity index (χ2n) is 9.39. The molecule has 1 fully saturated rings. The third-order valence-electron chi connectivity index (χ3n) is 7.06. The largest absolute Gasteiger partial charge is 0.493 e. The van der Waals surface area contributed by atoms with Crippen LogP contribution >= 0.6 is 0 Å². The molecule has 4 heterocycles. The monoisotopic (exact) mass is 516 g/mol. The first kappa shape index (κ1) is 25.3. The van der Waals surface area contributed by atoms with Crippen LogP contribution in [0.5, 0.6) is 5.88 Å². The minimum absolute atomic E-state index is 0.148. The molecule has 9 nitrogen and oxygen atoms in total. The van der Waals surface area contributed by atoms with Gasteiger partial charge in [0.15, 0.2) is 11.4 Å². The van der Waals surface area contributed by atoms with Crippen LogP contribution in [0.3, 0.4) is 0 Å². The number of hydrogen-bond acceptors (Lipinski definition) is 6. The first-order chi connectivity index (χ1) is 18.3. The van der Waals surface area contributed by atoms with Crippen molar-refractivity contribution in [1.82, 2.24) is 29.2 Å². The minimum atomic E-state index is -0.675. The maximum absolute atomic E-state index is 14.3. The summed E-state index contributed by atoms with van der Waals surface area (Å²) in [5, 5.41) is 15.4. The Hall–Kier alpha value is -4.34. The third kappa shape index (κ3) is 4.36. The van der Waals surface area contributed by atoms with Crippen LogP contribution < -0.4 is 5.56 Å². The van der Waals surface area contributed by atoms with E-state index in [9.17, 15) is 19.1 Å². The molecule has 4 aromatic rings. The highest BCUT2D eigenvalue weighted by Gasteiger charge is 2.34. The molecule has 0 radical (unpaired) electrons. The number of pyridine rings is 1. The van der Waals surface area contributed by atoms with E-state index in [4.69, 9.17) is 0 Å². The van der Waals surface area contributed by atoms with Crippen molar-refractivity contribution in [2.75, 3.05) is 13.1 Å². The van der Waals surface area contributed by atoms with Gasteiger partial charge >= 0.3 is 0 Å². The zero-order valence-electron chi connectivity index (χ0n) is 21.6. The number of carbonyl (C=O) groups is 1. The van der Waals surface area contributed by atoms with Crippen molar-refractivity contribution in [2.45, 2.75) is 39.0 Å². The number of likely N-dealkylation sites (tertiary alicyclic amines) is 1. The molecule has 3 aromatic heterocycles. The molecule has 0 saturated carbocycles.